The van der Waals surface area contributed by atoms with Gasteiger partial charge in [0.25, 0.3) is 0 Å². The van der Waals surface area contributed by atoms with Crippen LogP contribution in [0.1, 0.15) is 27.7 Å². The number of hydrogen-bond acceptors (Lipinski definition) is 3. The zero-order valence-electron chi connectivity index (χ0n) is 8.74. The lowest BCUT2D eigenvalue weighted by Gasteiger charge is -2.34. The first-order chi connectivity index (χ1) is 5.82. The second-order valence-electron chi connectivity index (χ2n) is 3.75. The molecule has 0 fully saturated rings. The van der Waals surface area contributed by atoms with Gasteiger partial charge in [0.1, 0.15) is 5.54 Å². The summed E-state index contributed by atoms with van der Waals surface area (Å²) in [7, 11) is 0. The normalized spacial score (nSPS) is 14.6. The van der Waals surface area contributed by atoms with Gasteiger partial charge in [-0.1, -0.05) is 6.92 Å². The van der Waals surface area contributed by atoms with Crippen LogP contribution in [0.2, 0.25) is 0 Å². The fraction of sp³-hybridized carbons (Fsp3) is 0.889. The minimum absolute atomic E-state index is 0.385. The van der Waals surface area contributed by atoms with E-state index in [1.165, 1.54) is 0 Å². The lowest BCUT2D eigenvalue weighted by Crippen LogP contribution is -2.52. The van der Waals surface area contributed by atoms with Gasteiger partial charge in [0.05, 0.1) is 6.10 Å². The van der Waals surface area contributed by atoms with Crippen molar-refractivity contribution in [3.63, 3.8) is 0 Å². The summed E-state index contributed by atoms with van der Waals surface area (Å²) in [5.41, 5.74) is -0.911. The summed E-state index contributed by atoms with van der Waals surface area (Å²) >= 11 is 0. The number of carbonyl (C=O) groups is 1. The number of rotatable bonds is 5. The molecular formula is C9H19NO3. The van der Waals surface area contributed by atoms with Crippen LogP contribution in [0.3, 0.4) is 0 Å². The number of aliphatic carboxylic acids is 1. The van der Waals surface area contributed by atoms with E-state index in [9.17, 15) is 4.79 Å². The summed E-state index contributed by atoms with van der Waals surface area (Å²) in [4.78, 5) is 12.6. The molecule has 13 heavy (non-hydrogen) atoms. The van der Waals surface area contributed by atoms with Crippen LogP contribution in [0.25, 0.3) is 0 Å². The van der Waals surface area contributed by atoms with Crippen molar-refractivity contribution in [2.24, 2.45) is 0 Å². The molecule has 0 spiro atoms. The molecule has 0 aliphatic carbocycles. The highest BCUT2D eigenvalue weighted by atomic mass is 16.4. The number of aliphatic hydroxyl groups is 1. The third-order valence-electron chi connectivity index (χ3n) is 2.18. The minimum atomic E-state index is -0.911. The average molecular weight is 189 g/mol. The van der Waals surface area contributed by atoms with Gasteiger partial charge < -0.3 is 10.2 Å². The van der Waals surface area contributed by atoms with Crippen molar-refractivity contribution in [2.75, 3.05) is 13.1 Å². The van der Waals surface area contributed by atoms with Gasteiger partial charge >= 0.3 is 5.97 Å². The van der Waals surface area contributed by atoms with E-state index in [1.54, 1.807) is 25.7 Å². The van der Waals surface area contributed by atoms with Gasteiger partial charge in [-0.15, -0.1) is 0 Å². The van der Waals surface area contributed by atoms with Gasteiger partial charge in [-0.3, -0.25) is 9.69 Å². The smallest absolute Gasteiger partial charge is 0.323 e. The molecule has 0 aliphatic heterocycles. The molecule has 0 aromatic heterocycles. The van der Waals surface area contributed by atoms with E-state index < -0.39 is 17.6 Å². The second-order valence-corrected chi connectivity index (χ2v) is 3.75. The molecule has 4 heteroatoms. The Morgan fingerprint density at radius 1 is 1.54 bits per heavy atom. The van der Waals surface area contributed by atoms with Crippen LogP contribution in [-0.2, 0) is 4.79 Å². The fourth-order valence-corrected chi connectivity index (χ4v) is 1.21. The summed E-state index contributed by atoms with van der Waals surface area (Å²) < 4.78 is 0. The highest BCUT2D eigenvalue weighted by Crippen LogP contribution is 2.14. The molecular weight excluding hydrogens is 170 g/mol. The van der Waals surface area contributed by atoms with Gasteiger partial charge in [-0.05, 0) is 27.3 Å². The van der Waals surface area contributed by atoms with E-state index in [1.807, 2.05) is 6.92 Å². The molecule has 0 aromatic carbocycles. The molecule has 0 saturated carbocycles. The quantitative estimate of drug-likeness (QED) is 0.663. The summed E-state index contributed by atoms with van der Waals surface area (Å²) in [6.45, 7) is 7.82. The van der Waals surface area contributed by atoms with Crippen LogP contribution < -0.4 is 0 Å². The van der Waals surface area contributed by atoms with E-state index in [-0.39, 0.29) is 0 Å². The first-order valence-corrected chi connectivity index (χ1v) is 4.48. The predicted molar refractivity (Wildman–Crippen MR) is 50.6 cm³/mol. The number of carboxylic acid groups (broad SMARTS) is 1. The van der Waals surface area contributed by atoms with Gasteiger partial charge in [-0.2, -0.15) is 0 Å². The molecule has 1 atom stereocenters. The first kappa shape index (κ1) is 12.4. The van der Waals surface area contributed by atoms with Crippen LogP contribution >= 0.6 is 0 Å². The maximum atomic E-state index is 10.9. The third kappa shape index (κ3) is 3.32. The average Bonchev–Trinajstić information content (AvgIpc) is 1.99. The summed E-state index contributed by atoms with van der Waals surface area (Å²) in [6, 6.07) is 0. The Kier molecular flexibility index (Phi) is 4.36. The van der Waals surface area contributed by atoms with Crippen LogP contribution in [0, 0.1) is 0 Å². The fourth-order valence-electron chi connectivity index (χ4n) is 1.21. The van der Waals surface area contributed by atoms with E-state index in [0.29, 0.717) is 13.1 Å². The Labute approximate surface area is 79.2 Å². The Morgan fingerprint density at radius 2 is 2.00 bits per heavy atom. The SMILES string of the molecule is CCN(CC(C)O)C(C)(C)C(=O)O. The molecule has 0 rings (SSSR count). The number of hydrogen-bond donors (Lipinski definition) is 2. The number of β-amino-alcohol motifs (C(OH)–C–C–N with tert-alkyl or cyclic N) is 1. The van der Waals surface area contributed by atoms with Crippen LogP contribution in [-0.4, -0.2) is 45.8 Å². The lowest BCUT2D eigenvalue weighted by molar-refractivity contribution is -0.150. The van der Waals surface area contributed by atoms with Gasteiger partial charge in [-0.25, -0.2) is 0 Å². The van der Waals surface area contributed by atoms with E-state index in [4.69, 9.17) is 10.2 Å². The van der Waals surface area contributed by atoms with Crippen molar-refractivity contribution < 1.29 is 15.0 Å². The number of aliphatic hydroxyl groups excluding tert-OH is 1. The zero-order chi connectivity index (χ0) is 10.6. The number of nitrogens with zero attached hydrogens (tertiary/aromatic N) is 1. The Morgan fingerprint density at radius 3 is 2.23 bits per heavy atom. The number of likely N-dealkylation sites (N-methyl/N-ethyl adjacent to an activating group) is 1. The van der Waals surface area contributed by atoms with Crippen LogP contribution in [0.5, 0.6) is 0 Å². The lowest BCUT2D eigenvalue weighted by atomic mass is 10.0. The summed E-state index contributed by atoms with van der Waals surface area (Å²) in [5.74, 6) is -0.866. The van der Waals surface area contributed by atoms with E-state index in [0.717, 1.165) is 0 Å². The monoisotopic (exact) mass is 189 g/mol. The van der Waals surface area contributed by atoms with Crippen LogP contribution in [0.4, 0.5) is 0 Å². The van der Waals surface area contributed by atoms with E-state index in [2.05, 4.69) is 0 Å². The molecule has 0 aliphatic rings. The number of carboxylic acids is 1. The van der Waals surface area contributed by atoms with Gasteiger partial charge in [0.15, 0.2) is 0 Å². The molecule has 0 heterocycles. The van der Waals surface area contributed by atoms with Crippen molar-refractivity contribution in [2.45, 2.75) is 39.3 Å². The van der Waals surface area contributed by atoms with Gasteiger partial charge in [0.2, 0.25) is 0 Å². The maximum absolute atomic E-state index is 10.9. The van der Waals surface area contributed by atoms with Crippen molar-refractivity contribution in [1.82, 2.24) is 4.90 Å². The van der Waals surface area contributed by atoms with Crippen molar-refractivity contribution in [3.05, 3.63) is 0 Å². The molecule has 2 N–H and O–H groups in total. The molecule has 78 valence electrons. The predicted octanol–water partition coefficient (Wildman–Crippen LogP) is 0.552. The van der Waals surface area contributed by atoms with Crippen molar-refractivity contribution >= 4 is 5.97 Å². The topological polar surface area (TPSA) is 60.8 Å². The van der Waals surface area contributed by atoms with Crippen molar-refractivity contribution in [3.8, 4) is 0 Å². The summed E-state index contributed by atoms with van der Waals surface area (Å²) in [5, 5.41) is 18.1. The summed E-state index contributed by atoms with van der Waals surface area (Å²) in [6.07, 6.45) is -0.501. The molecule has 0 aromatic rings. The molecule has 0 bridgehead atoms. The standard InChI is InChI=1S/C9H19NO3/c1-5-10(6-7(2)11)9(3,4)8(12)13/h7,11H,5-6H2,1-4H3,(H,12,13). The third-order valence-corrected chi connectivity index (χ3v) is 2.18. The highest BCUT2D eigenvalue weighted by molar-refractivity contribution is 5.77. The largest absolute Gasteiger partial charge is 0.480 e. The highest BCUT2D eigenvalue weighted by Gasteiger charge is 2.33. The Hall–Kier alpha value is -0.610. The van der Waals surface area contributed by atoms with Gasteiger partial charge in [0, 0.05) is 6.54 Å². The minimum Gasteiger partial charge on any atom is -0.480 e. The molecule has 0 amide bonds. The zero-order valence-corrected chi connectivity index (χ0v) is 8.74. The van der Waals surface area contributed by atoms with Crippen LogP contribution in [0.15, 0.2) is 0 Å². The molecule has 4 nitrogen and oxygen atoms in total. The molecule has 1 unspecified atom stereocenters. The molecule has 0 radical (unpaired) electrons. The first-order valence-electron chi connectivity index (χ1n) is 4.48. The Bertz CT molecular complexity index is 178. The van der Waals surface area contributed by atoms with Crippen molar-refractivity contribution in [1.29, 1.82) is 0 Å². The maximum Gasteiger partial charge on any atom is 0.323 e. The Balaban J connectivity index is 4.46. The second kappa shape index (κ2) is 4.58. The molecule has 0 saturated heterocycles. The van der Waals surface area contributed by atoms with E-state index >= 15 is 0 Å².